The summed E-state index contributed by atoms with van der Waals surface area (Å²) in [6.45, 7) is 0.522. The molecule has 1 rings (SSSR count). The van der Waals surface area contributed by atoms with Crippen molar-refractivity contribution in [1.29, 1.82) is 0 Å². The maximum absolute atomic E-state index is 8.46. The molecule has 1 saturated carbocycles. The van der Waals surface area contributed by atoms with E-state index in [2.05, 4.69) is 0 Å². The number of nitrogens with two attached hydrogens (primary N) is 1. The fraction of sp³-hybridized carbons (Fsp3) is 1.00. The minimum atomic E-state index is -0.189. The first kappa shape index (κ1) is 6.99. The molecule has 54 valence electrons. The number of aliphatic hydroxyl groups is 1. The second-order valence-corrected chi connectivity index (χ2v) is 2.48. The van der Waals surface area contributed by atoms with Gasteiger partial charge in [0.2, 0.25) is 0 Å². The van der Waals surface area contributed by atoms with Crippen LogP contribution in [0, 0.1) is 0 Å². The van der Waals surface area contributed by atoms with Crippen molar-refractivity contribution >= 4 is 0 Å². The lowest BCUT2D eigenvalue weighted by Gasteiger charge is -2.06. The zero-order valence-corrected chi connectivity index (χ0v) is 5.42. The molecule has 9 heavy (non-hydrogen) atoms. The maximum Gasteiger partial charge on any atom is 0.0643 e. The molecule has 1 aliphatic carbocycles. The van der Waals surface area contributed by atoms with Gasteiger partial charge in [-0.3, -0.25) is 0 Å². The maximum atomic E-state index is 8.46. The van der Waals surface area contributed by atoms with E-state index in [1.165, 1.54) is 0 Å². The summed E-state index contributed by atoms with van der Waals surface area (Å²) < 4.78 is 5.22. The van der Waals surface area contributed by atoms with Gasteiger partial charge in [0.25, 0.3) is 0 Å². The molecule has 3 N–H and O–H groups in total. The fourth-order valence-corrected chi connectivity index (χ4v) is 0.547. The van der Waals surface area contributed by atoms with Gasteiger partial charge in [-0.1, -0.05) is 0 Å². The summed E-state index contributed by atoms with van der Waals surface area (Å²) >= 11 is 0. The molecule has 3 nitrogen and oxygen atoms in total. The number of hydrogen-bond donors (Lipinski definition) is 2. The van der Waals surface area contributed by atoms with Crippen LogP contribution in [0.3, 0.4) is 0 Å². The third-order valence-electron chi connectivity index (χ3n) is 1.30. The average molecular weight is 131 g/mol. The Bertz CT molecular complexity index is 83.1. The molecular formula is C6H13NO2. The van der Waals surface area contributed by atoms with Crippen molar-refractivity contribution in [3.63, 3.8) is 0 Å². The fourth-order valence-electron chi connectivity index (χ4n) is 0.547. The second-order valence-electron chi connectivity index (χ2n) is 2.48. The molecule has 3 heteroatoms. The first-order valence-corrected chi connectivity index (χ1v) is 3.31. The van der Waals surface area contributed by atoms with Gasteiger partial charge in [0.15, 0.2) is 0 Å². The van der Waals surface area contributed by atoms with E-state index in [4.69, 9.17) is 15.6 Å². The monoisotopic (exact) mass is 131 g/mol. The highest BCUT2D eigenvalue weighted by Gasteiger charge is 2.22. The van der Waals surface area contributed by atoms with Crippen molar-refractivity contribution < 1.29 is 9.84 Å². The Labute approximate surface area is 54.8 Å². The zero-order chi connectivity index (χ0) is 6.69. The third-order valence-corrected chi connectivity index (χ3v) is 1.30. The first-order chi connectivity index (χ1) is 4.33. The molecule has 0 aromatic heterocycles. The van der Waals surface area contributed by atoms with Crippen LogP contribution in [0.2, 0.25) is 0 Å². The van der Waals surface area contributed by atoms with Gasteiger partial charge in [-0.25, -0.2) is 0 Å². The highest BCUT2D eigenvalue weighted by atomic mass is 16.5. The summed E-state index contributed by atoms with van der Waals surface area (Å²) in [6.07, 6.45) is 2.78. The van der Waals surface area contributed by atoms with Crippen molar-refractivity contribution in [3.05, 3.63) is 0 Å². The summed E-state index contributed by atoms with van der Waals surface area (Å²) in [7, 11) is 0. The van der Waals surface area contributed by atoms with Crippen LogP contribution in [-0.2, 0) is 4.74 Å². The highest BCUT2D eigenvalue weighted by Crippen LogP contribution is 2.23. The molecular weight excluding hydrogens is 118 g/mol. The third kappa shape index (κ3) is 2.79. The largest absolute Gasteiger partial charge is 0.395 e. The zero-order valence-electron chi connectivity index (χ0n) is 5.42. The van der Waals surface area contributed by atoms with E-state index in [1.54, 1.807) is 0 Å². The Kier molecular flexibility index (Phi) is 2.45. The van der Waals surface area contributed by atoms with E-state index < -0.39 is 0 Å². The molecule has 0 bridgehead atoms. The second kappa shape index (κ2) is 3.15. The van der Waals surface area contributed by atoms with Crippen molar-refractivity contribution in [2.75, 3.05) is 13.2 Å². The number of aliphatic hydroxyl groups excluding tert-OH is 1. The summed E-state index contributed by atoms with van der Waals surface area (Å²) in [4.78, 5) is 0. The van der Waals surface area contributed by atoms with Gasteiger partial charge in [0.1, 0.15) is 0 Å². The van der Waals surface area contributed by atoms with E-state index in [1.807, 2.05) is 0 Å². The number of ether oxygens (including phenoxy) is 1. The van der Waals surface area contributed by atoms with Crippen LogP contribution in [0.5, 0.6) is 0 Å². The Hall–Kier alpha value is -0.120. The van der Waals surface area contributed by atoms with E-state index in [-0.39, 0.29) is 12.6 Å². The quantitative estimate of drug-likeness (QED) is 0.540. The van der Waals surface area contributed by atoms with Gasteiger partial charge in [0.05, 0.1) is 25.4 Å². The molecule has 1 fully saturated rings. The molecule has 0 radical (unpaired) electrons. The van der Waals surface area contributed by atoms with Crippen molar-refractivity contribution in [3.8, 4) is 0 Å². The normalized spacial score (nSPS) is 22.0. The Morgan fingerprint density at radius 2 is 2.33 bits per heavy atom. The molecule has 1 unspecified atom stereocenters. The van der Waals surface area contributed by atoms with E-state index >= 15 is 0 Å². The lowest BCUT2D eigenvalue weighted by Crippen LogP contribution is -2.30. The molecule has 0 aliphatic heterocycles. The summed E-state index contributed by atoms with van der Waals surface area (Å²) in [6, 6.07) is -0.189. The molecule has 0 aromatic rings. The molecule has 1 atom stereocenters. The lowest BCUT2D eigenvalue weighted by molar-refractivity contribution is 0.0891. The van der Waals surface area contributed by atoms with Gasteiger partial charge in [-0.2, -0.15) is 0 Å². The van der Waals surface area contributed by atoms with Gasteiger partial charge in [0, 0.05) is 0 Å². The van der Waals surface area contributed by atoms with Gasteiger partial charge in [-0.05, 0) is 12.8 Å². The Morgan fingerprint density at radius 3 is 2.78 bits per heavy atom. The first-order valence-electron chi connectivity index (χ1n) is 3.31. The van der Waals surface area contributed by atoms with E-state index in [9.17, 15) is 0 Å². The summed E-state index contributed by atoms with van der Waals surface area (Å²) in [5.41, 5.74) is 5.37. The van der Waals surface area contributed by atoms with Crippen LogP contribution in [0.15, 0.2) is 0 Å². The topological polar surface area (TPSA) is 55.5 Å². The van der Waals surface area contributed by atoms with Crippen molar-refractivity contribution in [2.24, 2.45) is 5.73 Å². The number of hydrogen-bond acceptors (Lipinski definition) is 3. The van der Waals surface area contributed by atoms with E-state index in [0.29, 0.717) is 12.7 Å². The number of rotatable bonds is 4. The standard InChI is InChI=1S/C6H13NO2/c7-5(3-8)4-9-6-1-2-6/h5-6,8H,1-4,7H2. The highest BCUT2D eigenvalue weighted by molar-refractivity contribution is 4.74. The predicted molar refractivity (Wildman–Crippen MR) is 34.0 cm³/mol. The van der Waals surface area contributed by atoms with Crippen LogP contribution in [0.1, 0.15) is 12.8 Å². The summed E-state index contributed by atoms with van der Waals surface area (Å²) in [5, 5.41) is 8.46. The van der Waals surface area contributed by atoms with E-state index in [0.717, 1.165) is 12.8 Å². The van der Waals surface area contributed by atoms with Gasteiger partial charge < -0.3 is 15.6 Å². The molecule has 0 amide bonds. The van der Waals surface area contributed by atoms with Crippen LogP contribution in [-0.4, -0.2) is 30.5 Å². The van der Waals surface area contributed by atoms with Crippen LogP contribution < -0.4 is 5.73 Å². The average Bonchev–Trinajstić information content (AvgIpc) is 2.65. The van der Waals surface area contributed by atoms with Crippen LogP contribution >= 0.6 is 0 Å². The van der Waals surface area contributed by atoms with Crippen molar-refractivity contribution in [2.45, 2.75) is 25.0 Å². The molecule has 0 spiro atoms. The lowest BCUT2D eigenvalue weighted by atomic mass is 10.4. The molecule has 0 saturated heterocycles. The van der Waals surface area contributed by atoms with Crippen molar-refractivity contribution in [1.82, 2.24) is 0 Å². The van der Waals surface area contributed by atoms with Crippen LogP contribution in [0.4, 0.5) is 0 Å². The molecule has 0 heterocycles. The molecule has 1 aliphatic rings. The smallest absolute Gasteiger partial charge is 0.0643 e. The molecule has 0 aromatic carbocycles. The minimum Gasteiger partial charge on any atom is -0.395 e. The van der Waals surface area contributed by atoms with Crippen LogP contribution in [0.25, 0.3) is 0 Å². The summed E-state index contributed by atoms with van der Waals surface area (Å²) in [5.74, 6) is 0. The van der Waals surface area contributed by atoms with Gasteiger partial charge >= 0.3 is 0 Å². The predicted octanol–water partition coefficient (Wildman–Crippen LogP) is -0.515. The SMILES string of the molecule is NC(CO)COC1CC1. The minimum absolute atomic E-state index is 0.0206. The Balaban J connectivity index is 1.90. The Morgan fingerprint density at radius 1 is 1.67 bits per heavy atom. The van der Waals surface area contributed by atoms with Gasteiger partial charge in [-0.15, -0.1) is 0 Å².